The lowest BCUT2D eigenvalue weighted by Gasteiger charge is -2.30. The monoisotopic (exact) mass is 210 g/mol. The average molecular weight is 210 g/mol. The molecule has 1 rings (SSSR count). The fourth-order valence-corrected chi connectivity index (χ4v) is 1.40. The zero-order chi connectivity index (χ0) is 11.5. The van der Waals surface area contributed by atoms with Crippen molar-refractivity contribution < 1.29 is 4.39 Å². The first-order valence-corrected chi connectivity index (χ1v) is 5.34. The van der Waals surface area contributed by atoms with Gasteiger partial charge in [-0.1, -0.05) is 19.9 Å². The molecule has 0 aromatic heterocycles. The number of para-hydroxylation sites is 1. The van der Waals surface area contributed by atoms with E-state index < -0.39 is 0 Å². The molecule has 0 radical (unpaired) electrons. The van der Waals surface area contributed by atoms with Gasteiger partial charge in [-0.2, -0.15) is 0 Å². The van der Waals surface area contributed by atoms with Crippen LogP contribution in [0.2, 0.25) is 0 Å². The summed E-state index contributed by atoms with van der Waals surface area (Å²) in [6, 6.07) is 4.84. The second-order valence-electron chi connectivity index (χ2n) is 4.09. The summed E-state index contributed by atoms with van der Waals surface area (Å²) in [5.74, 6) is -0.366. The SMILES string of the molecule is CCC(C)(CC)Nc1cccc(F)c1N. The lowest BCUT2D eigenvalue weighted by Crippen LogP contribution is -2.33. The highest BCUT2D eigenvalue weighted by atomic mass is 19.1. The van der Waals surface area contributed by atoms with Gasteiger partial charge in [0.1, 0.15) is 5.82 Å². The molecule has 0 saturated heterocycles. The van der Waals surface area contributed by atoms with E-state index in [9.17, 15) is 4.39 Å². The van der Waals surface area contributed by atoms with Crippen LogP contribution >= 0.6 is 0 Å². The highest BCUT2D eigenvalue weighted by molar-refractivity contribution is 5.67. The van der Waals surface area contributed by atoms with Crippen molar-refractivity contribution in [2.24, 2.45) is 0 Å². The Balaban J connectivity index is 2.94. The van der Waals surface area contributed by atoms with Gasteiger partial charge in [-0.15, -0.1) is 0 Å². The first-order chi connectivity index (χ1) is 7.02. The molecule has 0 amide bonds. The highest BCUT2D eigenvalue weighted by Crippen LogP contribution is 2.27. The molecule has 0 heterocycles. The second kappa shape index (κ2) is 4.51. The number of halogens is 1. The predicted octanol–water partition coefficient (Wildman–Crippen LogP) is 3.40. The van der Waals surface area contributed by atoms with Crippen LogP contribution in [0.4, 0.5) is 15.8 Å². The summed E-state index contributed by atoms with van der Waals surface area (Å²) in [6.07, 6.45) is 1.94. The average Bonchev–Trinajstić information content (AvgIpc) is 2.25. The molecule has 15 heavy (non-hydrogen) atoms. The van der Waals surface area contributed by atoms with Crippen molar-refractivity contribution in [2.75, 3.05) is 11.1 Å². The second-order valence-corrected chi connectivity index (χ2v) is 4.09. The Morgan fingerprint density at radius 2 is 1.93 bits per heavy atom. The van der Waals surface area contributed by atoms with Crippen molar-refractivity contribution in [2.45, 2.75) is 39.2 Å². The molecule has 2 nitrogen and oxygen atoms in total. The minimum absolute atomic E-state index is 0.0259. The summed E-state index contributed by atoms with van der Waals surface area (Å²) in [7, 11) is 0. The van der Waals surface area contributed by atoms with Crippen molar-refractivity contribution >= 4 is 11.4 Å². The van der Waals surface area contributed by atoms with E-state index in [4.69, 9.17) is 5.73 Å². The van der Waals surface area contributed by atoms with E-state index in [1.165, 1.54) is 6.07 Å². The van der Waals surface area contributed by atoms with Gasteiger partial charge in [0.05, 0.1) is 11.4 Å². The molecule has 1 aromatic rings. The molecule has 84 valence electrons. The zero-order valence-electron chi connectivity index (χ0n) is 9.60. The predicted molar refractivity (Wildman–Crippen MR) is 63.4 cm³/mol. The molecular formula is C12H19FN2. The zero-order valence-corrected chi connectivity index (χ0v) is 9.60. The highest BCUT2D eigenvalue weighted by Gasteiger charge is 2.20. The summed E-state index contributed by atoms with van der Waals surface area (Å²) in [4.78, 5) is 0. The Bertz CT molecular complexity index is 332. The van der Waals surface area contributed by atoms with Gasteiger partial charge in [-0.3, -0.25) is 0 Å². The van der Waals surface area contributed by atoms with Crippen molar-refractivity contribution in [3.63, 3.8) is 0 Å². The lowest BCUT2D eigenvalue weighted by molar-refractivity contribution is 0.478. The molecule has 0 saturated carbocycles. The summed E-state index contributed by atoms with van der Waals surface area (Å²) in [5.41, 5.74) is 6.52. The van der Waals surface area contributed by atoms with Crippen LogP contribution in [0.1, 0.15) is 33.6 Å². The van der Waals surface area contributed by atoms with E-state index in [1.54, 1.807) is 6.07 Å². The van der Waals surface area contributed by atoms with Crippen molar-refractivity contribution in [3.05, 3.63) is 24.0 Å². The van der Waals surface area contributed by atoms with Crippen LogP contribution in [0.15, 0.2) is 18.2 Å². The Morgan fingerprint density at radius 3 is 2.47 bits per heavy atom. The Morgan fingerprint density at radius 1 is 1.33 bits per heavy atom. The third-order valence-corrected chi connectivity index (χ3v) is 3.05. The van der Waals surface area contributed by atoms with E-state index in [2.05, 4.69) is 26.1 Å². The normalized spacial score (nSPS) is 11.5. The summed E-state index contributed by atoms with van der Waals surface area (Å²) >= 11 is 0. The van der Waals surface area contributed by atoms with Gasteiger partial charge in [0.25, 0.3) is 0 Å². The Kier molecular flexibility index (Phi) is 3.56. The molecule has 0 bridgehead atoms. The summed E-state index contributed by atoms with van der Waals surface area (Å²) in [6.45, 7) is 6.31. The van der Waals surface area contributed by atoms with Crippen LogP contribution in [-0.4, -0.2) is 5.54 Å². The molecule has 0 aliphatic carbocycles. The lowest BCUT2D eigenvalue weighted by atomic mass is 9.95. The molecule has 0 spiro atoms. The fraction of sp³-hybridized carbons (Fsp3) is 0.500. The molecule has 0 unspecified atom stereocenters. The third kappa shape index (κ3) is 2.61. The maximum Gasteiger partial charge on any atom is 0.148 e. The third-order valence-electron chi connectivity index (χ3n) is 3.05. The van der Waals surface area contributed by atoms with Gasteiger partial charge < -0.3 is 11.1 Å². The maximum absolute atomic E-state index is 13.2. The summed E-state index contributed by atoms with van der Waals surface area (Å²) in [5, 5.41) is 3.30. The number of nitrogen functional groups attached to an aromatic ring is 1. The standard InChI is InChI=1S/C12H19FN2/c1-4-12(3,5-2)15-10-8-6-7-9(13)11(10)14/h6-8,15H,4-5,14H2,1-3H3. The van der Waals surface area contributed by atoms with Gasteiger partial charge >= 0.3 is 0 Å². The quantitative estimate of drug-likeness (QED) is 0.747. The number of rotatable bonds is 4. The first-order valence-electron chi connectivity index (χ1n) is 5.34. The minimum atomic E-state index is -0.366. The van der Waals surface area contributed by atoms with Gasteiger partial charge in [0.15, 0.2) is 0 Å². The number of nitrogens with two attached hydrogens (primary N) is 1. The first kappa shape index (κ1) is 11.8. The van der Waals surface area contributed by atoms with Crippen molar-refractivity contribution in [1.82, 2.24) is 0 Å². The van der Waals surface area contributed by atoms with Crippen molar-refractivity contribution in [1.29, 1.82) is 0 Å². The number of hydrogen-bond donors (Lipinski definition) is 2. The fourth-order valence-electron chi connectivity index (χ4n) is 1.40. The van der Waals surface area contributed by atoms with Gasteiger partial charge in [0, 0.05) is 5.54 Å². The molecular weight excluding hydrogens is 191 g/mol. The summed E-state index contributed by atoms with van der Waals surface area (Å²) < 4.78 is 13.2. The van der Waals surface area contributed by atoms with Crippen LogP contribution in [-0.2, 0) is 0 Å². The number of hydrogen-bond acceptors (Lipinski definition) is 2. The van der Waals surface area contributed by atoms with E-state index in [-0.39, 0.29) is 17.0 Å². The van der Waals surface area contributed by atoms with E-state index >= 15 is 0 Å². The minimum Gasteiger partial charge on any atom is -0.395 e. The molecule has 1 aromatic carbocycles. The van der Waals surface area contributed by atoms with Crippen LogP contribution in [0, 0.1) is 5.82 Å². The maximum atomic E-state index is 13.2. The topological polar surface area (TPSA) is 38.0 Å². The molecule has 3 heteroatoms. The van der Waals surface area contributed by atoms with Crippen LogP contribution in [0.25, 0.3) is 0 Å². The molecule has 3 N–H and O–H groups in total. The largest absolute Gasteiger partial charge is 0.395 e. The van der Waals surface area contributed by atoms with Crippen LogP contribution < -0.4 is 11.1 Å². The van der Waals surface area contributed by atoms with Crippen LogP contribution in [0.3, 0.4) is 0 Å². The van der Waals surface area contributed by atoms with E-state index in [0.29, 0.717) is 5.69 Å². The van der Waals surface area contributed by atoms with Gasteiger partial charge in [-0.25, -0.2) is 4.39 Å². The Labute approximate surface area is 90.7 Å². The van der Waals surface area contributed by atoms with Crippen molar-refractivity contribution in [3.8, 4) is 0 Å². The number of nitrogens with one attached hydrogen (secondary N) is 1. The molecule has 0 aliphatic rings. The van der Waals surface area contributed by atoms with E-state index in [1.807, 2.05) is 6.07 Å². The number of anilines is 2. The molecule has 0 fully saturated rings. The molecule has 0 aliphatic heterocycles. The van der Waals surface area contributed by atoms with Gasteiger partial charge in [-0.05, 0) is 31.9 Å². The van der Waals surface area contributed by atoms with Crippen LogP contribution in [0.5, 0.6) is 0 Å². The van der Waals surface area contributed by atoms with Gasteiger partial charge in [0.2, 0.25) is 0 Å². The molecule has 0 atom stereocenters. The number of benzene rings is 1. The van der Waals surface area contributed by atoms with E-state index in [0.717, 1.165) is 12.8 Å². The smallest absolute Gasteiger partial charge is 0.148 e. The Hall–Kier alpha value is -1.25.